The molecule has 1 aromatic heterocycles. The van der Waals surface area contributed by atoms with Crippen molar-refractivity contribution in [1.29, 1.82) is 0 Å². The number of hydrogen-bond donors (Lipinski definition) is 2. The zero-order chi connectivity index (χ0) is 18.8. The van der Waals surface area contributed by atoms with Gasteiger partial charge in [0, 0.05) is 31.2 Å². The molecule has 1 aliphatic heterocycles. The largest absolute Gasteiger partial charge is 0.367 e. The Morgan fingerprint density at radius 1 is 1.19 bits per heavy atom. The Hall–Kier alpha value is -2.44. The molecule has 27 heavy (non-hydrogen) atoms. The third-order valence-electron chi connectivity index (χ3n) is 5.16. The summed E-state index contributed by atoms with van der Waals surface area (Å²) < 4.78 is 5.70. The van der Waals surface area contributed by atoms with Crippen molar-refractivity contribution in [3.63, 3.8) is 0 Å². The molecule has 4 rings (SSSR count). The molecule has 0 atom stereocenters. The van der Waals surface area contributed by atoms with Gasteiger partial charge in [-0.25, -0.2) is 0 Å². The van der Waals surface area contributed by atoms with Crippen molar-refractivity contribution in [2.75, 3.05) is 36.9 Å². The summed E-state index contributed by atoms with van der Waals surface area (Å²) in [6.45, 7) is 4.78. The summed E-state index contributed by atoms with van der Waals surface area (Å²) >= 11 is 1.53. The molecule has 2 aromatic carbocycles. The standard InChI is InChI=1S/C21H24N4OS/c1-14-11-18-16(13-20(26)25(18)2)12-15(14)7-8-22-9-10-23-21-17-5-3-4-6-19(17)27-24-21/h3-6,11-12,22H,7-10,13H2,1-2H3,(H,23,24). The van der Waals surface area contributed by atoms with E-state index in [9.17, 15) is 4.79 Å². The number of anilines is 2. The number of benzene rings is 2. The van der Waals surface area contributed by atoms with Crippen LogP contribution in [0, 0.1) is 6.92 Å². The molecule has 0 unspecified atom stereocenters. The van der Waals surface area contributed by atoms with Crippen molar-refractivity contribution in [2.24, 2.45) is 0 Å². The molecular weight excluding hydrogens is 356 g/mol. The van der Waals surface area contributed by atoms with E-state index in [1.165, 1.54) is 32.7 Å². The highest BCUT2D eigenvalue weighted by atomic mass is 32.1. The maximum atomic E-state index is 11.9. The molecule has 1 amide bonds. The molecule has 0 fully saturated rings. The number of aromatic nitrogens is 1. The van der Waals surface area contributed by atoms with Crippen LogP contribution >= 0.6 is 11.5 Å². The van der Waals surface area contributed by atoms with Crippen LogP contribution < -0.4 is 15.5 Å². The maximum absolute atomic E-state index is 11.9. The number of fused-ring (bicyclic) bond motifs is 2. The van der Waals surface area contributed by atoms with Crippen LogP contribution in [0.3, 0.4) is 0 Å². The van der Waals surface area contributed by atoms with Gasteiger partial charge in [0.05, 0.1) is 11.1 Å². The van der Waals surface area contributed by atoms with E-state index in [1.807, 2.05) is 19.2 Å². The van der Waals surface area contributed by atoms with Crippen molar-refractivity contribution < 1.29 is 4.79 Å². The third-order valence-corrected chi connectivity index (χ3v) is 5.98. The van der Waals surface area contributed by atoms with Gasteiger partial charge >= 0.3 is 0 Å². The molecule has 0 bridgehead atoms. The fourth-order valence-electron chi connectivity index (χ4n) is 3.56. The molecule has 2 heterocycles. The van der Waals surface area contributed by atoms with Gasteiger partial charge in [-0.05, 0) is 66.3 Å². The zero-order valence-electron chi connectivity index (χ0n) is 15.7. The topological polar surface area (TPSA) is 57.3 Å². The first-order valence-corrected chi connectivity index (χ1v) is 10.1. The van der Waals surface area contributed by atoms with Crippen molar-refractivity contribution in [1.82, 2.24) is 9.69 Å². The van der Waals surface area contributed by atoms with Gasteiger partial charge in [-0.3, -0.25) is 4.79 Å². The van der Waals surface area contributed by atoms with Gasteiger partial charge in [0.2, 0.25) is 5.91 Å². The number of nitrogens with zero attached hydrogens (tertiary/aromatic N) is 2. The van der Waals surface area contributed by atoms with Gasteiger partial charge in [-0.2, -0.15) is 4.37 Å². The molecule has 0 saturated carbocycles. The summed E-state index contributed by atoms with van der Waals surface area (Å²) in [6.07, 6.45) is 1.49. The number of amides is 1. The summed E-state index contributed by atoms with van der Waals surface area (Å²) in [6, 6.07) is 12.6. The average molecular weight is 381 g/mol. The number of carbonyl (C=O) groups excluding carboxylic acids is 1. The minimum atomic E-state index is 0.181. The summed E-state index contributed by atoms with van der Waals surface area (Å²) in [5.41, 5.74) is 4.79. The fourth-order valence-corrected chi connectivity index (χ4v) is 4.31. The van der Waals surface area contributed by atoms with Gasteiger partial charge < -0.3 is 15.5 Å². The molecule has 5 nitrogen and oxygen atoms in total. The summed E-state index contributed by atoms with van der Waals surface area (Å²) in [7, 11) is 1.85. The number of likely N-dealkylation sites (N-methyl/N-ethyl adjacent to an activating group) is 1. The summed E-state index contributed by atoms with van der Waals surface area (Å²) in [5.74, 6) is 1.15. The van der Waals surface area contributed by atoms with Crippen LogP contribution in [0.4, 0.5) is 11.5 Å². The second-order valence-electron chi connectivity index (χ2n) is 6.99. The molecule has 0 spiro atoms. The van der Waals surface area contributed by atoms with E-state index in [2.05, 4.69) is 46.2 Å². The van der Waals surface area contributed by atoms with E-state index in [4.69, 9.17) is 0 Å². The molecule has 140 valence electrons. The van der Waals surface area contributed by atoms with E-state index >= 15 is 0 Å². The molecule has 6 heteroatoms. The molecule has 2 N–H and O–H groups in total. The minimum Gasteiger partial charge on any atom is -0.367 e. The number of hydrogen-bond acceptors (Lipinski definition) is 5. The lowest BCUT2D eigenvalue weighted by atomic mass is 10.0. The number of rotatable bonds is 7. The average Bonchev–Trinajstić information content (AvgIpc) is 3.20. The first kappa shape index (κ1) is 17.9. The van der Waals surface area contributed by atoms with Crippen LogP contribution in [0.15, 0.2) is 36.4 Å². The predicted octanol–water partition coefficient (Wildman–Crippen LogP) is 3.37. The Bertz CT molecular complexity index is 981. The first-order valence-electron chi connectivity index (χ1n) is 9.31. The van der Waals surface area contributed by atoms with Gasteiger partial charge in [0.15, 0.2) is 0 Å². The van der Waals surface area contributed by atoms with Crippen molar-refractivity contribution >= 4 is 39.0 Å². The van der Waals surface area contributed by atoms with E-state index in [1.54, 1.807) is 4.90 Å². The zero-order valence-corrected chi connectivity index (χ0v) is 16.5. The second kappa shape index (κ2) is 7.66. The fraction of sp³-hybridized carbons (Fsp3) is 0.333. The van der Waals surface area contributed by atoms with Crippen LogP contribution in [0.2, 0.25) is 0 Å². The highest BCUT2D eigenvalue weighted by Gasteiger charge is 2.24. The van der Waals surface area contributed by atoms with E-state index < -0.39 is 0 Å². The Kier molecular flexibility index (Phi) is 5.09. The first-order chi connectivity index (χ1) is 13.1. The molecule has 0 radical (unpaired) electrons. The van der Waals surface area contributed by atoms with Crippen LogP contribution in [0.25, 0.3) is 10.1 Å². The van der Waals surface area contributed by atoms with Gasteiger partial charge in [-0.1, -0.05) is 18.2 Å². The monoisotopic (exact) mass is 380 g/mol. The minimum absolute atomic E-state index is 0.181. The molecule has 0 aliphatic carbocycles. The maximum Gasteiger partial charge on any atom is 0.231 e. The van der Waals surface area contributed by atoms with Gasteiger partial charge in [0.25, 0.3) is 0 Å². The normalized spacial score (nSPS) is 13.4. The lowest BCUT2D eigenvalue weighted by molar-refractivity contribution is -0.117. The Balaban J connectivity index is 1.25. The van der Waals surface area contributed by atoms with E-state index in [0.717, 1.165) is 43.1 Å². The van der Waals surface area contributed by atoms with Crippen molar-refractivity contribution in [3.8, 4) is 0 Å². The Labute approximate surface area is 163 Å². The quantitative estimate of drug-likeness (QED) is 0.617. The predicted molar refractivity (Wildman–Crippen MR) is 113 cm³/mol. The highest BCUT2D eigenvalue weighted by molar-refractivity contribution is 7.13. The molecule has 0 saturated heterocycles. The molecule has 3 aromatic rings. The summed E-state index contributed by atoms with van der Waals surface area (Å²) in [4.78, 5) is 13.6. The lowest BCUT2D eigenvalue weighted by Crippen LogP contribution is -2.24. The molecular formula is C21H24N4OS. The van der Waals surface area contributed by atoms with Crippen LogP contribution in [-0.2, 0) is 17.6 Å². The number of nitrogens with one attached hydrogen (secondary N) is 2. The number of carbonyl (C=O) groups is 1. The summed E-state index contributed by atoms with van der Waals surface area (Å²) in [5, 5.41) is 8.10. The highest BCUT2D eigenvalue weighted by Crippen LogP contribution is 2.30. The molecule has 1 aliphatic rings. The van der Waals surface area contributed by atoms with Crippen LogP contribution in [0.5, 0.6) is 0 Å². The smallest absolute Gasteiger partial charge is 0.231 e. The van der Waals surface area contributed by atoms with Gasteiger partial charge in [0.1, 0.15) is 5.82 Å². The lowest BCUT2D eigenvalue weighted by Gasteiger charge is -2.13. The van der Waals surface area contributed by atoms with Gasteiger partial charge in [-0.15, -0.1) is 0 Å². The van der Waals surface area contributed by atoms with Crippen molar-refractivity contribution in [3.05, 3.63) is 53.1 Å². The Morgan fingerprint density at radius 2 is 2.04 bits per heavy atom. The van der Waals surface area contributed by atoms with Crippen LogP contribution in [-0.4, -0.2) is 37.0 Å². The third kappa shape index (κ3) is 3.68. The Morgan fingerprint density at radius 3 is 2.93 bits per heavy atom. The number of aryl methyl sites for hydroxylation is 1. The van der Waals surface area contributed by atoms with Crippen molar-refractivity contribution in [2.45, 2.75) is 19.8 Å². The SMILES string of the molecule is Cc1cc2c(cc1CCNCCNc1nsc3ccccc13)CC(=O)N2C. The van der Waals surface area contributed by atoms with Crippen LogP contribution in [0.1, 0.15) is 16.7 Å². The van der Waals surface area contributed by atoms with E-state index in [0.29, 0.717) is 6.42 Å². The van der Waals surface area contributed by atoms with E-state index in [-0.39, 0.29) is 5.91 Å². The second-order valence-corrected chi connectivity index (χ2v) is 7.80.